The minimum atomic E-state index is -0.258. The minimum absolute atomic E-state index is 0. The van der Waals surface area contributed by atoms with Crippen molar-refractivity contribution >= 4 is 41.5 Å². The van der Waals surface area contributed by atoms with Gasteiger partial charge in [-0.2, -0.15) is 0 Å². The van der Waals surface area contributed by atoms with Crippen molar-refractivity contribution in [2.24, 2.45) is 5.73 Å². The number of ether oxygens (including phenoxy) is 1. The van der Waals surface area contributed by atoms with Gasteiger partial charge in [-0.15, -0.1) is 12.4 Å². The van der Waals surface area contributed by atoms with Gasteiger partial charge in [0.05, 0.1) is 5.54 Å². The SMILES string of the molecule is Cl.NCC1(NC(=O)COc2cc(Cl)cc(Cl)c2)CCCC1. The number of hydrogen-bond acceptors (Lipinski definition) is 3. The van der Waals surface area contributed by atoms with E-state index >= 15 is 0 Å². The molecule has 0 atom stereocenters. The molecule has 0 aliphatic heterocycles. The monoisotopic (exact) mass is 352 g/mol. The Balaban J connectivity index is 0.00000220. The van der Waals surface area contributed by atoms with E-state index in [2.05, 4.69) is 5.32 Å². The molecular formula is C14H19Cl3N2O2. The molecule has 118 valence electrons. The summed E-state index contributed by atoms with van der Waals surface area (Å²) in [6, 6.07) is 4.85. The number of carbonyl (C=O) groups excluding carboxylic acids is 1. The summed E-state index contributed by atoms with van der Waals surface area (Å²) < 4.78 is 5.41. The molecule has 1 amide bonds. The number of nitrogens with two attached hydrogens (primary N) is 1. The fraction of sp³-hybridized carbons (Fsp3) is 0.500. The van der Waals surface area contributed by atoms with Crippen LogP contribution in [0.2, 0.25) is 10.0 Å². The maximum Gasteiger partial charge on any atom is 0.258 e. The standard InChI is InChI=1S/C14H18Cl2N2O2.ClH/c15-10-5-11(16)7-12(6-10)20-8-13(19)18-14(9-17)3-1-2-4-14;/h5-7H,1-4,8-9,17H2,(H,18,19);1H. The maximum atomic E-state index is 11.9. The van der Waals surface area contributed by atoms with Gasteiger partial charge in [0.15, 0.2) is 6.61 Å². The second-order valence-electron chi connectivity index (χ2n) is 5.13. The summed E-state index contributed by atoms with van der Waals surface area (Å²) in [4.78, 5) is 11.9. The molecule has 0 radical (unpaired) electrons. The highest BCUT2D eigenvalue weighted by Gasteiger charge is 2.33. The molecule has 3 N–H and O–H groups in total. The minimum Gasteiger partial charge on any atom is -0.484 e. The Morgan fingerprint density at radius 2 is 1.81 bits per heavy atom. The molecule has 0 bridgehead atoms. The average Bonchev–Trinajstić information content (AvgIpc) is 2.84. The first-order chi connectivity index (χ1) is 9.53. The molecule has 4 nitrogen and oxygen atoms in total. The van der Waals surface area contributed by atoms with Crippen LogP contribution in [0.3, 0.4) is 0 Å². The van der Waals surface area contributed by atoms with Crippen LogP contribution >= 0.6 is 35.6 Å². The Hall–Kier alpha value is -0.680. The van der Waals surface area contributed by atoms with Crippen LogP contribution < -0.4 is 15.8 Å². The molecule has 1 saturated carbocycles. The fourth-order valence-corrected chi connectivity index (χ4v) is 3.03. The van der Waals surface area contributed by atoms with E-state index in [1.807, 2.05) is 0 Å². The number of nitrogens with one attached hydrogen (secondary N) is 1. The fourth-order valence-electron chi connectivity index (χ4n) is 2.52. The largest absolute Gasteiger partial charge is 0.484 e. The van der Waals surface area contributed by atoms with E-state index in [4.69, 9.17) is 33.7 Å². The first-order valence-electron chi connectivity index (χ1n) is 6.63. The van der Waals surface area contributed by atoms with Crippen molar-refractivity contribution in [1.29, 1.82) is 0 Å². The lowest BCUT2D eigenvalue weighted by Crippen LogP contribution is -2.52. The smallest absolute Gasteiger partial charge is 0.258 e. The van der Waals surface area contributed by atoms with Crippen LogP contribution in [0.4, 0.5) is 0 Å². The van der Waals surface area contributed by atoms with Crippen molar-refractivity contribution in [2.75, 3.05) is 13.2 Å². The lowest BCUT2D eigenvalue weighted by atomic mass is 9.98. The molecule has 0 spiro atoms. The van der Waals surface area contributed by atoms with Crippen LogP contribution in [0, 0.1) is 0 Å². The number of hydrogen-bond donors (Lipinski definition) is 2. The van der Waals surface area contributed by atoms with Crippen molar-refractivity contribution in [1.82, 2.24) is 5.32 Å². The number of halogens is 3. The Labute approximate surface area is 140 Å². The van der Waals surface area contributed by atoms with Crippen LogP contribution in [-0.2, 0) is 4.79 Å². The Kier molecular flexibility index (Phi) is 7.07. The average molecular weight is 354 g/mol. The van der Waals surface area contributed by atoms with Crippen molar-refractivity contribution < 1.29 is 9.53 Å². The van der Waals surface area contributed by atoms with E-state index in [9.17, 15) is 4.79 Å². The molecule has 2 rings (SSSR count). The summed E-state index contributed by atoms with van der Waals surface area (Å²) in [6.07, 6.45) is 4.06. The summed E-state index contributed by atoms with van der Waals surface area (Å²) in [5.74, 6) is 0.305. The zero-order chi connectivity index (χ0) is 14.6. The number of carbonyl (C=O) groups is 1. The first kappa shape index (κ1) is 18.4. The van der Waals surface area contributed by atoms with E-state index in [1.165, 1.54) is 0 Å². The molecule has 0 unspecified atom stereocenters. The Morgan fingerprint density at radius 3 is 2.33 bits per heavy atom. The molecule has 1 fully saturated rings. The van der Waals surface area contributed by atoms with Gasteiger partial charge in [-0.25, -0.2) is 0 Å². The summed E-state index contributed by atoms with van der Waals surface area (Å²) in [6.45, 7) is 0.389. The third kappa shape index (κ3) is 5.22. The lowest BCUT2D eigenvalue weighted by molar-refractivity contribution is -0.124. The van der Waals surface area contributed by atoms with Crippen molar-refractivity contribution in [3.63, 3.8) is 0 Å². The summed E-state index contributed by atoms with van der Waals surface area (Å²) in [5.41, 5.74) is 5.52. The second kappa shape index (κ2) is 8.08. The van der Waals surface area contributed by atoms with Gasteiger partial charge in [0.25, 0.3) is 5.91 Å². The summed E-state index contributed by atoms with van der Waals surface area (Å²) in [7, 11) is 0. The normalized spacial score (nSPS) is 16.1. The van der Waals surface area contributed by atoms with E-state index in [-0.39, 0.29) is 30.5 Å². The maximum absolute atomic E-state index is 11.9. The van der Waals surface area contributed by atoms with E-state index in [0.717, 1.165) is 25.7 Å². The van der Waals surface area contributed by atoms with Gasteiger partial charge in [-0.05, 0) is 31.0 Å². The topological polar surface area (TPSA) is 64.3 Å². The first-order valence-corrected chi connectivity index (χ1v) is 7.39. The van der Waals surface area contributed by atoms with Gasteiger partial charge in [0, 0.05) is 16.6 Å². The van der Waals surface area contributed by atoms with Crippen LogP contribution in [-0.4, -0.2) is 24.6 Å². The van der Waals surface area contributed by atoms with Crippen LogP contribution in [0.1, 0.15) is 25.7 Å². The highest BCUT2D eigenvalue weighted by atomic mass is 35.5. The van der Waals surface area contributed by atoms with Crippen molar-refractivity contribution in [3.8, 4) is 5.75 Å². The van der Waals surface area contributed by atoms with Crippen molar-refractivity contribution in [2.45, 2.75) is 31.2 Å². The highest BCUT2D eigenvalue weighted by Crippen LogP contribution is 2.28. The van der Waals surface area contributed by atoms with Crippen LogP contribution in [0.15, 0.2) is 18.2 Å². The van der Waals surface area contributed by atoms with Gasteiger partial charge >= 0.3 is 0 Å². The third-order valence-corrected chi connectivity index (χ3v) is 4.00. The van der Waals surface area contributed by atoms with E-state index < -0.39 is 0 Å². The predicted molar refractivity (Wildman–Crippen MR) is 87.6 cm³/mol. The van der Waals surface area contributed by atoms with Gasteiger partial charge in [0.1, 0.15) is 5.75 Å². The molecule has 1 aliphatic rings. The van der Waals surface area contributed by atoms with Gasteiger partial charge in [-0.1, -0.05) is 36.0 Å². The number of rotatable bonds is 5. The number of benzene rings is 1. The molecule has 1 aromatic rings. The van der Waals surface area contributed by atoms with Gasteiger partial charge < -0.3 is 15.8 Å². The van der Waals surface area contributed by atoms with Crippen molar-refractivity contribution in [3.05, 3.63) is 28.2 Å². The second-order valence-corrected chi connectivity index (χ2v) is 6.01. The van der Waals surface area contributed by atoms with Gasteiger partial charge in [0.2, 0.25) is 0 Å². The molecule has 0 heterocycles. The number of amides is 1. The molecule has 7 heteroatoms. The highest BCUT2D eigenvalue weighted by molar-refractivity contribution is 6.34. The lowest BCUT2D eigenvalue weighted by Gasteiger charge is -2.28. The molecule has 21 heavy (non-hydrogen) atoms. The van der Waals surface area contributed by atoms with E-state index in [1.54, 1.807) is 18.2 Å². The molecule has 1 aliphatic carbocycles. The molecule has 1 aromatic carbocycles. The van der Waals surface area contributed by atoms with E-state index in [0.29, 0.717) is 22.3 Å². The molecule has 0 saturated heterocycles. The molecular weight excluding hydrogens is 335 g/mol. The quantitative estimate of drug-likeness (QED) is 0.854. The van der Waals surface area contributed by atoms with Gasteiger partial charge in [-0.3, -0.25) is 4.79 Å². The molecule has 0 aromatic heterocycles. The van der Waals surface area contributed by atoms with Crippen LogP contribution in [0.5, 0.6) is 5.75 Å². The van der Waals surface area contributed by atoms with Crippen LogP contribution in [0.25, 0.3) is 0 Å². The third-order valence-electron chi connectivity index (χ3n) is 3.56. The zero-order valence-corrected chi connectivity index (χ0v) is 13.9. The predicted octanol–water partition coefficient (Wildman–Crippen LogP) is 3.18. The Morgan fingerprint density at radius 1 is 1.24 bits per heavy atom. The summed E-state index contributed by atoms with van der Waals surface area (Å²) >= 11 is 11.7. The zero-order valence-electron chi connectivity index (χ0n) is 11.5. The summed E-state index contributed by atoms with van der Waals surface area (Å²) in [5, 5.41) is 3.94. The Bertz CT molecular complexity index is 471.